The lowest BCUT2D eigenvalue weighted by Gasteiger charge is -2.32. The molecule has 1 aliphatic rings. The van der Waals surface area contributed by atoms with Gasteiger partial charge in [0.1, 0.15) is 6.61 Å². The van der Waals surface area contributed by atoms with Crippen LogP contribution in [-0.4, -0.2) is 36.3 Å². The third-order valence-corrected chi connectivity index (χ3v) is 7.09. The third kappa shape index (κ3) is 5.85. The van der Waals surface area contributed by atoms with Crippen LogP contribution in [0.4, 0.5) is 0 Å². The Bertz CT molecular complexity index is 1100. The molecule has 2 heterocycles. The van der Waals surface area contributed by atoms with E-state index in [0.29, 0.717) is 10.6 Å². The van der Waals surface area contributed by atoms with Crippen LogP contribution in [-0.2, 0) is 31.1 Å². The van der Waals surface area contributed by atoms with Gasteiger partial charge < -0.3 is 9.84 Å². The number of carbonyl (C=O) groups is 2. The number of ether oxygens (including phenoxy) is 1. The van der Waals surface area contributed by atoms with Crippen LogP contribution >= 0.6 is 22.9 Å². The third-order valence-electron chi connectivity index (χ3n) is 4.59. The highest BCUT2D eigenvalue weighted by molar-refractivity contribution is 7.87. The molecule has 8 nitrogen and oxygen atoms in total. The summed E-state index contributed by atoms with van der Waals surface area (Å²) in [4.78, 5) is 23.7. The largest absolute Gasteiger partial charge is 0.481 e. The second kappa shape index (κ2) is 9.82. The Morgan fingerprint density at radius 3 is 2.74 bits per heavy atom. The molecule has 31 heavy (non-hydrogen) atoms. The summed E-state index contributed by atoms with van der Waals surface area (Å²) in [7, 11) is -4.02. The first-order valence-electron chi connectivity index (χ1n) is 9.34. The topological polar surface area (TPSA) is 113 Å². The zero-order chi connectivity index (χ0) is 22.6. The van der Waals surface area contributed by atoms with E-state index in [9.17, 15) is 18.0 Å². The van der Waals surface area contributed by atoms with Gasteiger partial charge in [0.2, 0.25) is 0 Å². The first-order chi connectivity index (χ1) is 14.7. The molecule has 1 aromatic heterocycles. The highest BCUT2D eigenvalue weighted by atomic mass is 35.5. The van der Waals surface area contributed by atoms with Crippen LogP contribution in [0, 0.1) is 6.92 Å². The molecule has 1 aliphatic heterocycles. The van der Waals surface area contributed by atoms with E-state index >= 15 is 0 Å². The first-order valence-corrected chi connectivity index (χ1v) is 12.1. The van der Waals surface area contributed by atoms with E-state index in [1.807, 2.05) is 23.8 Å². The summed E-state index contributed by atoms with van der Waals surface area (Å²) in [6.45, 7) is 1.79. The van der Waals surface area contributed by atoms with Gasteiger partial charge in [0.05, 0.1) is 11.6 Å². The minimum absolute atomic E-state index is 0.0415. The average molecular weight is 485 g/mol. The molecule has 2 aromatic rings. The number of esters is 1. The molecule has 0 fully saturated rings. The van der Waals surface area contributed by atoms with Crippen molar-refractivity contribution in [3.63, 3.8) is 0 Å². The SMILES string of the molecule is Cc1ccc(C2NS(=O)(=O)N(CCCC(=O)O)C=C2C(=O)OCc2ccsc2)c(Cl)c1. The number of nitrogens with zero attached hydrogens (tertiary/aromatic N) is 1. The lowest BCUT2D eigenvalue weighted by atomic mass is 9.99. The van der Waals surface area contributed by atoms with Crippen LogP contribution in [0.2, 0.25) is 5.02 Å². The number of carboxylic acid groups (broad SMARTS) is 1. The van der Waals surface area contributed by atoms with Crippen molar-refractivity contribution in [2.45, 2.75) is 32.4 Å². The number of thiophene rings is 1. The van der Waals surface area contributed by atoms with Gasteiger partial charge >= 0.3 is 22.1 Å². The standard InChI is InChI=1S/C20H21ClN2O6S2/c1-13-4-5-15(17(21)9-13)19-16(20(26)29-11-14-6-8-30-12-14)10-23(31(27,28)22-19)7-2-3-18(24)25/h4-6,8-10,12,19,22H,2-3,7,11H2,1H3,(H,24,25). The Morgan fingerprint density at radius 2 is 2.10 bits per heavy atom. The van der Waals surface area contributed by atoms with Crippen molar-refractivity contribution in [3.8, 4) is 0 Å². The van der Waals surface area contributed by atoms with Crippen molar-refractivity contribution in [2.75, 3.05) is 6.54 Å². The number of aryl methyl sites for hydroxylation is 1. The zero-order valence-corrected chi connectivity index (χ0v) is 19.0. The molecule has 0 bridgehead atoms. The molecule has 2 N–H and O–H groups in total. The van der Waals surface area contributed by atoms with Gasteiger partial charge in [0, 0.05) is 29.8 Å². The Labute approximate surface area is 189 Å². The van der Waals surface area contributed by atoms with Gasteiger partial charge in [-0.2, -0.15) is 24.5 Å². The smallest absolute Gasteiger partial charge is 0.337 e. The molecule has 11 heteroatoms. The predicted molar refractivity (Wildman–Crippen MR) is 117 cm³/mol. The molecule has 1 atom stereocenters. The number of rotatable bonds is 8. The second-order valence-electron chi connectivity index (χ2n) is 6.98. The Kier molecular flexibility index (Phi) is 7.37. The highest BCUT2D eigenvalue weighted by Crippen LogP contribution is 2.34. The Balaban J connectivity index is 1.93. The van der Waals surface area contributed by atoms with Crippen molar-refractivity contribution >= 4 is 45.1 Å². The highest BCUT2D eigenvalue weighted by Gasteiger charge is 2.37. The molecule has 1 unspecified atom stereocenters. The van der Waals surface area contributed by atoms with Crippen molar-refractivity contribution < 1.29 is 27.9 Å². The van der Waals surface area contributed by atoms with E-state index in [1.54, 1.807) is 18.2 Å². The quantitative estimate of drug-likeness (QED) is 0.555. The molecule has 3 rings (SSSR count). The Morgan fingerprint density at radius 1 is 1.32 bits per heavy atom. The van der Waals surface area contributed by atoms with Crippen molar-refractivity contribution in [3.05, 3.63) is 68.5 Å². The summed E-state index contributed by atoms with van der Waals surface area (Å²) in [6, 6.07) is 5.89. The molecule has 0 saturated heterocycles. The van der Waals surface area contributed by atoms with E-state index < -0.39 is 28.2 Å². The molecule has 0 spiro atoms. The fourth-order valence-corrected chi connectivity index (χ4v) is 5.33. The molecule has 0 radical (unpaired) electrons. The maximum Gasteiger partial charge on any atom is 0.337 e. The average Bonchev–Trinajstić information content (AvgIpc) is 3.20. The van der Waals surface area contributed by atoms with Gasteiger partial charge in [-0.15, -0.1) is 0 Å². The van der Waals surface area contributed by atoms with E-state index in [4.69, 9.17) is 21.4 Å². The molecule has 1 aromatic carbocycles. The van der Waals surface area contributed by atoms with Crippen LogP contribution in [0.3, 0.4) is 0 Å². The lowest BCUT2D eigenvalue weighted by Crippen LogP contribution is -2.46. The number of aliphatic carboxylic acids is 1. The van der Waals surface area contributed by atoms with Crippen LogP contribution in [0.25, 0.3) is 0 Å². The van der Waals surface area contributed by atoms with Crippen LogP contribution in [0.5, 0.6) is 0 Å². The molecule has 166 valence electrons. The maximum atomic E-state index is 12.9. The Hall–Kier alpha value is -2.40. The predicted octanol–water partition coefficient (Wildman–Crippen LogP) is 3.39. The number of carboxylic acids is 1. The van der Waals surface area contributed by atoms with Gasteiger partial charge in [-0.25, -0.2) is 4.79 Å². The van der Waals surface area contributed by atoms with Gasteiger partial charge in [-0.1, -0.05) is 23.7 Å². The summed E-state index contributed by atoms with van der Waals surface area (Å²) in [5.74, 6) is -1.73. The first kappa shape index (κ1) is 23.3. The molecular formula is C20H21ClN2O6S2. The van der Waals surface area contributed by atoms with Crippen molar-refractivity contribution in [1.82, 2.24) is 9.03 Å². The normalized spacial score (nSPS) is 17.8. The lowest BCUT2D eigenvalue weighted by molar-refractivity contribution is -0.141. The fraction of sp³-hybridized carbons (Fsp3) is 0.300. The minimum atomic E-state index is -4.02. The number of hydrogen-bond donors (Lipinski definition) is 2. The van der Waals surface area contributed by atoms with Gasteiger partial charge in [-0.3, -0.25) is 9.10 Å². The van der Waals surface area contributed by atoms with Gasteiger partial charge in [0.25, 0.3) is 0 Å². The second-order valence-corrected chi connectivity index (χ2v) is 9.82. The maximum absolute atomic E-state index is 12.9. The molecule has 0 saturated carbocycles. The summed E-state index contributed by atoms with van der Waals surface area (Å²) in [5.41, 5.74) is 2.18. The molecule has 0 amide bonds. The fourth-order valence-electron chi connectivity index (χ4n) is 3.02. The molecular weight excluding hydrogens is 464 g/mol. The van der Waals surface area contributed by atoms with Crippen LogP contribution < -0.4 is 4.72 Å². The van der Waals surface area contributed by atoms with Gasteiger partial charge in [0.15, 0.2) is 0 Å². The summed E-state index contributed by atoms with van der Waals surface area (Å²) >= 11 is 7.82. The number of nitrogens with one attached hydrogen (secondary N) is 1. The van der Waals surface area contributed by atoms with E-state index in [-0.39, 0.29) is 31.6 Å². The van der Waals surface area contributed by atoms with Crippen LogP contribution in [0.1, 0.15) is 35.6 Å². The van der Waals surface area contributed by atoms with E-state index in [2.05, 4.69) is 4.72 Å². The van der Waals surface area contributed by atoms with Crippen LogP contribution in [0.15, 0.2) is 46.8 Å². The van der Waals surface area contributed by atoms with Crippen molar-refractivity contribution in [1.29, 1.82) is 0 Å². The number of hydrogen-bond acceptors (Lipinski definition) is 6. The monoisotopic (exact) mass is 484 g/mol. The number of benzene rings is 1. The minimum Gasteiger partial charge on any atom is -0.481 e. The molecule has 0 aliphatic carbocycles. The summed E-state index contributed by atoms with van der Waals surface area (Å²) in [5, 5.41) is 12.8. The summed E-state index contributed by atoms with van der Waals surface area (Å²) < 4.78 is 34.3. The van der Waals surface area contributed by atoms with Crippen molar-refractivity contribution in [2.24, 2.45) is 0 Å². The van der Waals surface area contributed by atoms with Gasteiger partial charge in [-0.05, 0) is 47.4 Å². The number of halogens is 1. The zero-order valence-electron chi connectivity index (χ0n) is 16.6. The van der Waals surface area contributed by atoms with E-state index in [0.717, 1.165) is 15.4 Å². The van der Waals surface area contributed by atoms with E-state index in [1.165, 1.54) is 17.5 Å². The summed E-state index contributed by atoms with van der Waals surface area (Å²) in [6.07, 6.45) is 1.08. The number of carbonyl (C=O) groups excluding carboxylic acids is 1.